The Morgan fingerprint density at radius 2 is 1.91 bits per heavy atom. The maximum atomic E-state index is 13.7. The molecule has 0 aliphatic rings. The molecule has 0 amide bonds. The largest absolute Gasteiger partial charge is 0.478 e. The van der Waals surface area contributed by atoms with Gasteiger partial charge in [-0.2, -0.15) is 9.89 Å². The quantitative estimate of drug-likeness (QED) is 0.802. The van der Waals surface area contributed by atoms with Crippen LogP contribution >= 0.6 is 0 Å². The second-order valence-electron chi connectivity index (χ2n) is 4.54. The fraction of sp³-hybridized carbons (Fsp3) is 0. The summed E-state index contributed by atoms with van der Waals surface area (Å²) in [6.07, 6.45) is 3.22. The molecule has 6 heteroatoms. The van der Waals surface area contributed by atoms with Crippen molar-refractivity contribution in [1.29, 1.82) is 0 Å². The van der Waals surface area contributed by atoms with Gasteiger partial charge in [0.15, 0.2) is 0 Å². The summed E-state index contributed by atoms with van der Waals surface area (Å²) in [6, 6.07) is 14.3. The van der Waals surface area contributed by atoms with Gasteiger partial charge in [-0.25, -0.2) is 14.2 Å². The van der Waals surface area contributed by atoms with Crippen LogP contribution in [0.15, 0.2) is 67.0 Å². The highest BCUT2D eigenvalue weighted by Gasteiger charge is 2.20. The molecule has 2 aromatic carbocycles. The van der Waals surface area contributed by atoms with Crippen molar-refractivity contribution in [3.05, 3.63) is 78.4 Å². The van der Waals surface area contributed by atoms with E-state index in [1.54, 1.807) is 30.6 Å². The van der Waals surface area contributed by atoms with Crippen molar-refractivity contribution >= 4 is 17.3 Å². The number of para-hydroxylation sites is 1. The lowest BCUT2D eigenvalue weighted by molar-refractivity contribution is 0.0697. The Morgan fingerprint density at radius 3 is 2.55 bits per heavy atom. The first-order valence-electron chi connectivity index (χ1n) is 6.55. The molecule has 110 valence electrons. The Kier molecular flexibility index (Phi) is 3.57. The van der Waals surface area contributed by atoms with E-state index in [1.165, 1.54) is 21.9 Å². The predicted octanol–water partition coefficient (Wildman–Crippen LogP) is 3.32. The predicted molar refractivity (Wildman–Crippen MR) is 79.6 cm³/mol. The van der Waals surface area contributed by atoms with Gasteiger partial charge in [0.1, 0.15) is 5.82 Å². The van der Waals surface area contributed by atoms with E-state index in [-0.39, 0.29) is 11.3 Å². The number of carboxylic acid groups (broad SMARTS) is 1. The van der Waals surface area contributed by atoms with Crippen molar-refractivity contribution in [2.75, 3.05) is 5.01 Å². The van der Waals surface area contributed by atoms with Crippen LogP contribution in [0.2, 0.25) is 0 Å². The highest BCUT2D eigenvalue weighted by Crippen LogP contribution is 2.29. The molecule has 1 N–H and O–H groups in total. The molecule has 0 spiro atoms. The molecule has 5 nitrogen and oxygen atoms in total. The zero-order chi connectivity index (χ0) is 15.5. The molecule has 0 saturated heterocycles. The molecule has 1 aromatic heterocycles. The average molecular weight is 297 g/mol. The zero-order valence-corrected chi connectivity index (χ0v) is 11.4. The summed E-state index contributed by atoms with van der Waals surface area (Å²) in [4.78, 5) is 12.9. The van der Waals surface area contributed by atoms with Gasteiger partial charge in [0.05, 0.1) is 23.1 Å². The summed E-state index contributed by atoms with van der Waals surface area (Å²) < 4.78 is 13.7. The molecule has 0 atom stereocenters. The van der Waals surface area contributed by atoms with E-state index in [2.05, 4.69) is 5.10 Å². The summed E-state index contributed by atoms with van der Waals surface area (Å²) in [5.41, 5.74) is 0.849. The average Bonchev–Trinajstić information content (AvgIpc) is 3.02. The summed E-state index contributed by atoms with van der Waals surface area (Å²) in [6.45, 7) is 0. The topological polar surface area (TPSA) is 58.4 Å². The number of anilines is 2. The van der Waals surface area contributed by atoms with E-state index >= 15 is 0 Å². The number of carbonyl (C=O) groups is 1. The molecule has 0 aliphatic carbocycles. The van der Waals surface area contributed by atoms with Crippen molar-refractivity contribution in [3.8, 4) is 0 Å². The Hall–Kier alpha value is -3.15. The Morgan fingerprint density at radius 1 is 1.14 bits per heavy atom. The second kappa shape index (κ2) is 5.69. The van der Waals surface area contributed by atoms with Crippen LogP contribution in [0.25, 0.3) is 0 Å². The summed E-state index contributed by atoms with van der Waals surface area (Å²) >= 11 is 0. The van der Waals surface area contributed by atoms with Crippen LogP contribution in [-0.2, 0) is 0 Å². The van der Waals surface area contributed by atoms with Gasteiger partial charge in [0.25, 0.3) is 0 Å². The molecular weight excluding hydrogens is 285 g/mol. The normalized spacial score (nSPS) is 10.4. The van der Waals surface area contributed by atoms with Gasteiger partial charge in [0, 0.05) is 12.3 Å². The molecule has 3 rings (SSSR count). The van der Waals surface area contributed by atoms with Gasteiger partial charge in [-0.1, -0.05) is 18.2 Å². The molecule has 0 saturated carbocycles. The number of carboxylic acids is 1. The highest BCUT2D eigenvalue weighted by atomic mass is 19.1. The maximum Gasteiger partial charge on any atom is 0.337 e. The molecule has 0 unspecified atom stereocenters. The fourth-order valence-corrected chi connectivity index (χ4v) is 2.18. The van der Waals surface area contributed by atoms with Gasteiger partial charge in [-0.15, -0.1) is 0 Å². The zero-order valence-electron chi connectivity index (χ0n) is 11.4. The molecule has 3 aromatic rings. The van der Waals surface area contributed by atoms with Crippen molar-refractivity contribution in [2.24, 2.45) is 0 Å². The number of hydrogen-bond donors (Lipinski definition) is 1. The van der Waals surface area contributed by atoms with E-state index < -0.39 is 11.8 Å². The second-order valence-corrected chi connectivity index (χ2v) is 4.54. The summed E-state index contributed by atoms with van der Waals surface area (Å²) in [5.74, 6) is -1.66. The molecule has 1 heterocycles. The smallest absolute Gasteiger partial charge is 0.337 e. The number of aromatic carboxylic acids is 1. The number of benzene rings is 2. The van der Waals surface area contributed by atoms with Crippen molar-refractivity contribution < 1.29 is 14.3 Å². The molecular formula is C16H12FN3O2. The SMILES string of the molecule is O=C(O)c1ccc(F)cc1N(c1ccccc1)n1cccn1. The van der Waals surface area contributed by atoms with Crippen LogP contribution < -0.4 is 5.01 Å². The van der Waals surface area contributed by atoms with Crippen LogP contribution in [0.4, 0.5) is 15.8 Å². The number of rotatable bonds is 4. The van der Waals surface area contributed by atoms with Crippen LogP contribution in [0.3, 0.4) is 0 Å². The number of aromatic nitrogens is 2. The van der Waals surface area contributed by atoms with Crippen molar-refractivity contribution in [2.45, 2.75) is 0 Å². The minimum absolute atomic E-state index is 0.0132. The maximum absolute atomic E-state index is 13.7. The standard InChI is InChI=1S/C16H12FN3O2/c17-12-7-8-14(16(21)22)15(11-12)20(19-10-4-9-18-19)13-5-2-1-3-6-13/h1-11H,(H,21,22). The first-order chi connectivity index (χ1) is 10.7. The van der Waals surface area contributed by atoms with Gasteiger partial charge in [0.2, 0.25) is 0 Å². The number of halogens is 1. The van der Waals surface area contributed by atoms with Gasteiger partial charge < -0.3 is 5.11 Å². The highest BCUT2D eigenvalue weighted by molar-refractivity contribution is 5.95. The minimum Gasteiger partial charge on any atom is -0.478 e. The molecule has 22 heavy (non-hydrogen) atoms. The monoisotopic (exact) mass is 297 g/mol. The third-order valence-corrected chi connectivity index (χ3v) is 3.11. The Labute approximate surface area is 125 Å². The van der Waals surface area contributed by atoms with Crippen LogP contribution in [0.1, 0.15) is 10.4 Å². The molecule has 0 fully saturated rings. The fourth-order valence-electron chi connectivity index (χ4n) is 2.18. The first kappa shape index (κ1) is 13.8. The first-order valence-corrected chi connectivity index (χ1v) is 6.55. The Balaban J connectivity index is 2.23. The molecule has 0 bridgehead atoms. The van der Waals surface area contributed by atoms with E-state index in [4.69, 9.17) is 0 Å². The number of hydrogen-bond acceptors (Lipinski definition) is 3. The van der Waals surface area contributed by atoms with Gasteiger partial charge in [-0.3, -0.25) is 0 Å². The molecule has 0 radical (unpaired) electrons. The van der Waals surface area contributed by atoms with E-state index in [0.29, 0.717) is 5.69 Å². The van der Waals surface area contributed by atoms with Gasteiger partial charge in [-0.05, 0) is 30.3 Å². The Bertz CT molecular complexity index is 788. The summed E-state index contributed by atoms with van der Waals surface area (Å²) in [7, 11) is 0. The van der Waals surface area contributed by atoms with E-state index in [0.717, 1.165) is 6.07 Å². The lowest BCUT2D eigenvalue weighted by atomic mass is 10.1. The third kappa shape index (κ3) is 2.54. The summed E-state index contributed by atoms with van der Waals surface area (Å²) in [5, 5.41) is 15.0. The van der Waals surface area contributed by atoms with Crippen LogP contribution in [0.5, 0.6) is 0 Å². The minimum atomic E-state index is -1.14. The lowest BCUT2D eigenvalue weighted by Gasteiger charge is -2.25. The van der Waals surface area contributed by atoms with E-state index in [1.807, 2.05) is 18.2 Å². The van der Waals surface area contributed by atoms with Gasteiger partial charge >= 0.3 is 5.97 Å². The van der Waals surface area contributed by atoms with Crippen LogP contribution in [0, 0.1) is 5.82 Å². The third-order valence-electron chi connectivity index (χ3n) is 3.11. The van der Waals surface area contributed by atoms with Crippen molar-refractivity contribution in [3.63, 3.8) is 0 Å². The lowest BCUT2D eigenvalue weighted by Crippen LogP contribution is -2.26. The van der Waals surface area contributed by atoms with Crippen LogP contribution in [-0.4, -0.2) is 21.0 Å². The molecule has 0 aliphatic heterocycles. The number of nitrogens with zero attached hydrogens (tertiary/aromatic N) is 3. The van der Waals surface area contributed by atoms with E-state index in [9.17, 15) is 14.3 Å². The van der Waals surface area contributed by atoms with Crippen molar-refractivity contribution in [1.82, 2.24) is 9.89 Å².